The van der Waals surface area contributed by atoms with Gasteiger partial charge in [-0.25, -0.2) is 35.1 Å². The van der Waals surface area contributed by atoms with Crippen LogP contribution in [0.3, 0.4) is 0 Å². The van der Waals surface area contributed by atoms with Crippen molar-refractivity contribution >= 4 is 31.5 Å². The second-order valence-corrected chi connectivity index (χ2v) is 12.6. The first-order chi connectivity index (χ1) is 16.9. The number of sulfonamides is 1. The number of hydrogen-bond donors (Lipinski definition) is 2. The number of halogens is 3. The van der Waals surface area contributed by atoms with E-state index < -0.39 is 77.2 Å². The van der Waals surface area contributed by atoms with E-state index in [0.717, 1.165) is 57.8 Å². The molecule has 206 valence electrons. The molecular weight excluding hydrogens is 521 g/mol. The van der Waals surface area contributed by atoms with Crippen LogP contribution in [0.2, 0.25) is 0 Å². The maximum atomic E-state index is 15.4. The molecule has 3 N–H and O–H groups in total. The van der Waals surface area contributed by atoms with Crippen LogP contribution in [0.1, 0.15) is 84.0 Å². The molecule has 0 bridgehead atoms. The highest BCUT2D eigenvalue weighted by molar-refractivity contribution is 7.91. The third kappa shape index (κ3) is 8.34. The third-order valence-electron chi connectivity index (χ3n) is 6.19. The topological polar surface area (TPSA) is 133 Å². The van der Waals surface area contributed by atoms with Crippen LogP contribution in [0.15, 0.2) is 9.79 Å². The average Bonchev–Trinajstić information content (AvgIpc) is 2.77. The molecule has 1 aromatic carbocycles. The van der Waals surface area contributed by atoms with E-state index in [2.05, 4.69) is 5.32 Å². The number of sulfone groups is 1. The molecular formula is C23H35F3N2O6S2. The van der Waals surface area contributed by atoms with E-state index in [1.165, 1.54) is 6.92 Å². The Hall–Kier alpha value is -1.86. The van der Waals surface area contributed by atoms with Gasteiger partial charge >= 0.3 is 5.97 Å². The Morgan fingerprint density at radius 1 is 0.861 bits per heavy atom. The van der Waals surface area contributed by atoms with Gasteiger partial charge < -0.3 is 10.1 Å². The minimum atomic E-state index is -5.07. The smallest absolute Gasteiger partial charge is 0.305 e. The van der Waals surface area contributed by atoms with Crippen molar-refractivity contribution in [1.29, 1.82) is 0 Å². The van der Waals surface area contributed by atoms with Crippen molar-refractivity contribution in [3.05, 3.63) is 17.5 Å². The van der Waals surface area contributed by atoms with Crippen molar-refractivity contribution < 1.29 is 39.5 Å². The zero-order chi connectivity index (χ0) is 26.9. The summed E-state index contributed by atoms with van der Waals surface area (Å²) in [5.74, 6) is -7.74. The highest BCUT2D eigenvalue weighted by Gasteiger charge is 2.36. The maximum absolute atomic E-state index is 15.4. The fourth-order valence-corrected chi connectivity index (χ4v) is 6.29. The lowest BCUT2D eigenvalue weighted by Crippen LogP contribution is -2.27. The van der Waals surface area contributed by atoms with Crippen LogP contribution >= 0.6 is 0 Å². The van der Waals surface area contributed by atoms with E-state index in [0.29, 0.717) is 12.8 Å². The van der Waals surface area contributed by atoms with Crippen LogP contribution in [0.5, 0.6) is 0 Å². The molecule has 0 spiro atoms. The molecule has 1 aliphatic carbocycles. The first kappa shape index (κ1) is 30.4. The molecule has 0 atom stereocenters. The van der Waals surface area contributed by atoms with E-state index in [4.69, 9.17) is 9.88 Å². The second-order valence-electron chi connectivity index (χ2n) is 9.01. The van der Waals surface area contributed by atoms with Gasteiger partial charge in [0.2, 0.25) is 10.0 Å². The van der Waals surface area contributed by atoms with Gasteiger partial charge in [0.05, 0.1) is 11.4 Å². The molecule has 0 heterocycles. The maximum Gasteiger partial charge on any atom is 0.305 e. The summed E-state index contributed by atoms with van der Waals surface area (Å²) in [7, 11) is -9.82. The number of primary sulfonamides is 1. The van der Waals surface area contributed by atoms with E-state index in [9.17, 15) is 26.0 Å². The fourth-order valence-electron chi connectivity index (χ4n) is 4.27. The van der Waals surface area contributed by atoms with Crippen LogP contribution in [0, 0.1) is 17.5 Å². The zero-order valence-corrected chi connectivity index (χ0v) is 22.1. The molecule has 1 saturated carbocycles. The molecule has 0 amide bonds. The van der Waals surface area contributed by atoms with Gasteiger partial charge in [0.15, 0.2) is 32.2 Å². The Balaban J connectivity index is 2.52. The summed E-state index contributed by atoms with van der Waals surface area (Å²) in [6, 6.07) is -0.510. The van der Waals surface area contributed by atoms with Crippen molar-refractivity contribution in [2.24, 2.45) is 5.14 Å². The molecule has 0 aliphatic heterocycles. The third-order valence-corrected chi connectivity index (χ3v) is 8.83. The summed E-state index contributed by atoms with van der Waals surface area (Å²) in [4.78, 5) is 8.26. The number of carbonyl (C=O) groups excluding carboxylic acids is 1. The number of nitrogens with two attached hydrogens (primary N) is 1. The number of hydrogen-bond acceptors (Lipinski definition) is 7. The number of esters is 1. The van der Waals surface area contributed by atoms with E-state index in [1.54, 1.807) is 0 Å². The van der Waals surface area contributed by atoms with E-state index in [-0.39, 0.29) is 6.42 Å². The Morgan fingerprint density at radius 3 is 1.81 bits per heavy atom. The van der Waals surface area contributed by atoms with Gasteiger partial charge in [0.25, 0.3) is 0 Å². The van der Waals surface area contributed by atoms with Gasteiger partial charge in [-0.05, 0) is 12.8 Å². The number of ether oxygens (including phenoxy) is 1. The fraction of sp³-hybridized carbons (Fsp3) is 0.696. The molecule has 1 fully saturated rings. The predicted octanol–water partition coefficient (Wildman–Crippen LogP) is 4.56. The number of nitrogens with one attached hydrogen (secondary N) is 1. The molecule has 8 nitrogen and oxygen atoms in total. The van der Waals surface area contributed by atoms with Crippen molar-refractivity contribution in [2.45, 2.75) is 99.8 Å². The number of benzene rings is 1. The van der Waals surface area contributed by atoms with Crippen molar-refractivity contribution in [3.63, 3.8) is 0 Å². The van der Waals surface area contributed by atoms with E-state index >= 15 is 8.78 Å². The van der Waals surface area contributed by atoms with Gasteiger partial charge in [-0.2, -0.15) is 0 Å². The van der Waals surface area contributed by atoms with Crippen LogP contribution in [0.25, 0.3) is 0 Å². The summed E-state index contributed by atoms with van der Waals surface area (Å²) in [6.07, 6.45) is 9.60. The Bertz CT molecular complexity index is 1120. The van der Waals surface area contributed by atoms with Gasteiger partial charge in [-0.3, -0.25) is 4.79 Å². The molecule has 13 heteroatoms. The molecule has 0 saturated heterocycles. The van der Waals surface area contributed by atoms with Crippen molar-refractivity contribution in [2.75, 3.05) is 17.7 Å². The Kier molecular flexibility index (Phi) is 11.5. The predicted molar refractivity (Wildman–Crippen MR) is 129 cm³/mol. The standard InChI is InChI=1S/C23H35F3N2O6S2/c1-2-17(29)34-14-15-35(30,31)23-19(25)18(24)22(36(27,32)33)20(26)21(23)28-16-12-10-8-6-4-3-5-7-9-11-13-16/h16,28H,2-15H2,1H3,(H2,27,32,33). The Morgan fingerprint density at radius 2 is 1.33 bits per heavy atom. The summed E-state index contributed by atoms with van der Waals surface area (Å²) in [6.45, 7) is 0.815. The molecule has 1 aliphatic rings. The highest BCUT2D eigenvalue weighted by atomic mass is 32.2. The van der Waals surface area contributed by atoms with Gasteiger partial charge in [-0.15, -0.1) is 0 Å². The minimum Gasteiger partial charge on any atom is -0.465 e. The van der Waals surface area contributed by atoms with Crippen LogP contribution in [-0.4, -0.2) is 41.2 Å². The van der Waals surface area contributed by atoms with Gasteiger partial charge in [0.1, 0.15) is 11.5 Å². The van der Waals surface area contributed by atoms with Crippen molar-refractivity contribution in [1.82, 2.24) is 0 Å². The van der Waals surface area contributed by atoms with E-state index in [1.807, 2.05) is 0 Å². The quantitative estimate of drug-likeness (QED) is 0.354. The lowest BCUT2D eigenvalue weighted by molar-refractivity contribution is -0.142. The average molecular weight is 557 g/mol. The van der Waals surface area contributed by atoms with Crippen LogP contribution < -0.4 is 10.5 Å². The molecule has 36 heavy (non-hydrogen) atoms. The van der Waals surface area contributed by atoms with Crippen LogP contribution in [0.4, 0.5) is 18.9 Å². The van der Waals surface area contributed by atoms with Gasteiger partial charge in [0, 0.05) is 12.5 Å². The molecule has 0 radical (unpaired) electrons. The number of rotatable bonds is 8. The lowest BCUT2D eigenvalue weighted by atomic mass is 9.97. The lowest BCUT2D eigenvalue weighted by Gasteiger charge is -2.24. The SMILES string of the molecule is CCC(=O)OCCS(=O)(=O)c1c(F)c(F)c(S(N)(=O)=O)c(F)c1NC1CCCCCCCCCCC1. The second kappa shape index (κ2) is 13.6. The summed E-state index contributed by atoms with van der Waals surface area (Å²) < 4.78 is 99.6. The monoisotopic (exact) mass is 556 g/mol. The first-order valence-electron chi connectivity index (χ1n) is 12.3. The van der Waals surface area contributed by atoms with Gasteiger partial charge in [-0.1, -0.05) is 64.7 Å². The highest BCUT2D eigenvalue weighted by Crippen LogP contribution is 2.36. The zero-order valence-electron chi connectivity index (χ0n) is 20.5. The normalized spacial score (nSPS) is 17.1. The summed E-state index contributed by atoms with van der Waals surface area (Å²) >= 11 is 0. The Labute approximate surface area is 211 Å². The number of anilines is 1. The largest absolute Gasteiger partial charge is 0.465 e. The molecule has 0 aromatic heterocycles. The number of carbonyl (C=O) groups is 1. The summed E-state index contributed by atoms with van der Waals surface area (Å²) in [5.41, 5.74) is -0.975. The summed E-state index contributed by atoms with van der Waals surface area (Å²) in [5, 5.41) is 7.60. The molecule has 0 unspecified atom stereocenters. The van der Waals surface area contributed by atoms with Crippen LogP contribution in [-0.2, 0) is 29.4 Å². The minimum absolute atomic E-state index is 0.0325. The first-order valence-corrected chi connectivity index (χ1v) is 15.5. The molecule has 2 rings (SSSR count). The van der Waals surface area contributed by atoms with Crippen molar-refractivity contribution in [3.8, 4) is 0 Å². The molecule has 1 aromatic rings.